The Bertz CT molecular complexity index is 1040. The summed E-state index contributed by atoms with van der Waals surface area (Å²) in [4.78, 5) is 20.8. The molecule has 0 bridgehead atoms. The Morgan fingerprint density at radius 2 is 2.10 bits per heavy atom. The van der Waals surface area contributed by atoms with Gasteiger partial charge < -0.3 is 25.3 Å². The molecule has 1 aromatic heterocycles. The van der Waals surface area contributed by atoms with Crippen LogP contribution in [0.3, 0.4) is 0 Å². The van der Waals surface area contributed by atoms with Gasteiger partial charge in [0.05, 0.1) is 13.2 Å². The van der Waals surface area contributed by atoms with Gasteiger partial charge in [-0.3, -0.25) is 4.79 Å². The highest BCUT2D eigenvalue weighted by molar-refractivity contribution is 5.99. The molecule has 6 nitrogen and oxygen atoms in total. The number of carbonyl (C=O) groups is 1. The van der Waals surface area contributed by atoms with Crippen molar-refractivity contribution in [2.24, 2.45) is 11.7 Å². The van der Waals surface area contributed by atoms with Crippen molar-refractivity contribution in [3.63, 3.8) is 0 Å². The number of para-hydroxylation sites is 1. The second kappa shape index (κ2) is 8.50. The molecule has 0 spiro atoms. The van der Waals surface area contributed by atoms with Gasteiger partial charge in [0.1, 0.15) is 5.75 Å². The first-order valence-electron chi connectivity index (χ1n) is 10.4. The van der Waals surface area contributed by atoms with Crippen molar-refractivity contribution in [1.29, 1.82) is 0 Å². The van der Waals surface area contributed by atoms with Gasteiger partial charge in [0.2, 0.25) is 5.91 Å². The van der Waals surface area contributed by atoms with Crippen molar-refractivity contribution in [1.82, 2.24) is 9.88 Å². The van der Waals surface area contributed by atoms with E-state index in [9.17, 15) is 4.79 Å². The van der Waals surface area contributed by atoms with E-state index in [0.717, 1.165) is 46.4 Å². The smallest absolute Gasteiger partial charge is 0.244 e. The Morgan fingerprint density at radius 3 is 2.87 bits per heavy atom. The van der Waals surface area contributed by atoms with Crippen LogP contribution in [0.25, 0.3) is 10.9 Å². The molecular weight excluding hydrogens is 376 g/mol. The number of nitrogens with one attached hydrogen (secondary N) is 1. The number of hydrogen-bond acceptors (Lipinski definition) is 4. The van der Waals surface area contributed by atoms with Crippen molar-refractivity contribution < 1.29 is 9.53 Å². The van der Waals surface area contributed by atoms with Crippen molar-refractivity contribution in [2.45, 2.75) is 18.9 Å². The number of hydrogen-bond donors (Lipinski definition) is 2. The highest BCUT2D eigenvalue weighted by atomic mass is 16.5. The molecular formula is C24H30N4O2. The summed E-state index contributed by atoms with van der Waals surface area (Å²) < 4.78 is 5.41. The molecule has 2 atom stereocenters. The van der Waals surface area contributed by atoms with Gasteiger partial charge in [-0.1, -0.05) is 18.2 Å². The SMILES string of the molecule is COc1ccc2c(c1)C[C@@H](CN(C)C)CN2C(=O)[C@H](N)Cc1c[nH]c2ccccc12. The molecule has 1 amide bonds. The van der Waals surface area contributed by atoms with Gasteiger partial charge in [-0.05, 0) is 68.2 Å². The topological polar surface area (TPSA) is 74.6 Å². The molecule has 0 unspecified atom stereocenters. The molecule has 158 valence electrons. The Balaban J connectivity index is 1.59. The first-order chi connectivity index (χ1) is 14.5. The predicted molar refractivity (Wildman–Crippen MR) is 121 cm³/mol. The Hall–Kier alpha value is -2.83. The highest BCUT2D eigenvalue weighted by Gasteiger charge is 2.32. The fourth-order valence-electron chi connectivity index (χ4n) is 4.52. The van der Waals surface area contributed by atoms with Crippen LogP contribution < -0.4 is 15.4 Å². The monoisotopic (exact) mass is 406 g/mol. The fourth-order valence-corrected chi connectivity index (χ4v) is 4.52. The van der Waals surface area contributed by atoms with Gasteiger partial charge in [0.15, 0.2) is 0 Å². The van der Waals surface area contributed by atoms with Gasteiger partial charge >= 0.3 is 0 Å². The van der Waals surface area contributed by atoms with E-state index in [2.05, 4.69) is 30.0 Å². The molecule has 0 radical (unpaired) electrons. The lowest BCUT2D eigenvalue weighted by Crippen LogP contribution is -2.50. The summed E-state index contributed by atoms with van der Waals surface area (Å²) in [6, 6.07) is 13.4. The Morgan fingerprint density at radius 1 is 1.30 bits per heavy atom. The summed E-state index contributed by atoms with van der Waals surface area (Å²) in [5, 5.41) is 1.12. The van der Waals surface area contributed by atoms with E-state index in [1.54, 1.807) is 7.11 Å². The van der Waals surface area contributed by atoms with Crippen molar-refractivity contribution >= 4 is 22.5 Å². The number of H-pyrrole nitrogens is 1. The van der Waals surface area contributed by atoms with Gasteiger partial charge in [0.25, 0.3) is 0 Å². The Labute approximate surface area is 177 Å². The van der Waals surface area contributed by atoms with Crippen LogP contribution >= 0.6 is 0 Å². The lowest BCUT2D eigenvalue weighted by molar-refractivity contribution is -0.120. The van der Waals surface area contributed by atoms with Crippen LogP contribution in [0.15, 0.2) is 48.7 Å². The molecule has 1 aliphatic rings. The third-order valence-electron chi connectivity index (χ3n) is 5.85. The summed E-state index contributed by atoms with van der Waals surface area (Å²) in [7, 11) is 5.80. The zero-order valence-electron chi connectivity index (χ0n) is 17.9. The number of carbonyl (C=O) groups excluding carboxylic acids is 1. The molecule has 0 fully saturated rings. The van der Waals surface area contributed by atoms with Crippen LogP contribution in [0.5, 0.6) is 5.75 Å². The number of anilines is 1. The first kappa shape index (κ1) is 20.4. The van der Waals surface area contributed by atoms with E-state index >= 15 is 0 Å². The predicted octanol–water partition coefficient (Wildman–Crippen LogP) is 2.81. The second-order valence-electron chi connectivity index (χ2n) is 8.45. The van der Waals surface area contributed by atoms with E-state index in [-0.39, 0.29) is 5.91 Å². The summed E-state index contributed by atoms with van der Waals surface area (Å²) in [5.74, 6) is 1.13. The molecule has 3 aromatic rings. The number of rotatable bonds is 6. The number of amides is 1. The highest BCUT2D eigenvalue weighted by Crippen LogP contribution is 2.33. The number of methoxy groups -OCH3 is 1. The van der Waals surface area contributed by atoms with Crippen LogP contribution in [0.4, 0.5) is 5.69 Å². The van der Waals surface area contributed by atoms with Gasteiger partial charge in [0, 0.05) is 35.9 Å². The largest absolute Gasteiger partial charge is 0.497 e. The fraction of sp³-hybridized carbons (Fsp3) is 0.375. The lowest BCUT2D eigenvalue weighted by atomic mass is 9.91. The number of aromatic amines is 1. The summed E-state index contributed by atoms with van der Waals surface area (Å²) in [6.07, 6.45) is 3.39. The van der Waals surface area contributed by atoms with Crippen LogP contribution in [-0.4, -0.2) is 56.1 Å². The van der Waals surface area contributed by atoms with Crippen molar-refractivity contribution in [3.8, 4) is 5.75 Å². The number of ether oxygens (including phenoxy) is 1. The van der Waals surface area contributed by atoms with Gasteiger partial charge in [-0.2, -0.15) is 0 Å². The molecule has 4 rings (SSSR count). The Kier molecular flexibility index (Phi) is 5.79. The third-order valence-corrected chi connectivity index (χ3v) is 5.85. The minimum Gasteiger partial charge on any atom is -0.497 e. The van der Waals surface area contributed by atoms with Crippen molar-refractivity contribution in [2.75, 3.05) is 39.2 Å². The van der Waals surface area contributed by atoms with E-state index in [1.165, 1.54) is 0 Å². The van der Waals surface area contributed by atoms with Gasteiger partial charge in [-0.15, -0.1) is 0 Å². The number of aromatic nitrogens is 1. The summed E-state index contributed by atoms with van der Waals surface area (Å²) in [5.41, 5.74) is 10.7. The maximum atomic E-state index is 13.5. The van der Waals surface area contributed by atoms with Crippen LogP contribution in [-0.2, 0) is 17.6 Å². The summed E-state index contributed by atoms with van der Waals surface area (Å²) >= 11 is 0. The van der Waals surface area contributed by atoms with Crippen LogP contribution in [0.1, 0.15) is 11.1 Å². The minimum absolute atomic E-state index is 0.0323. The number of nitrogens with two attached hydrogens (primary N) is 1. The van der Waals surface area contributed by atoms with E-state index < -0.39 is 6.04 Å². The van der Waals surface area contributed by atoms with Gasteiger partial charge in [-0.25, -0.2) is 0 Å². The minimum atomic E-state index is -0.600. The normalized spacial score (nSPS) is 17.2. The molecule has 0 saturated carbocycles. The van der Waals surface area contributed by atoms with Crippen LogP contribution in [0.2, 0.25) is 0 Å². The standard InChI is InChI=1S/C24H30N4O2/c1-27(2)14-16-10-17-11-19(30-3)8-9-23(17)28(15-16)24(29)21(25)12-18-13-26-22-7-5-4-6-20(18)22/h4-9,11,13,16,21,26H,10,12,14-15,25H2,1-3H3/t16-,21+/m0/s1. The van der Waals surface area contributed by atoms with E-state index in [4.69, 9.17) is 10.5 Å². The third kappa shape index (κ3) is 4.06. The van der Waals surface area contributed by atoms with Crippen LogP contribution in [0, 0.1) is 5.92 Å². The molecule has 2 heterocycles. The molecule has 3 N–H and O–H groups in total. The molecule has 0 aliphatic carbocycles. The van der Waals surface area contributed by atoms with E-state index in [0.29, 0.717) is 18.9 Å². The number of nitrogens with zero attached hydrogens (tertiary/aromatic N) is 2. The lowest BCUT2D eigenvalue weighted by Gasteiger charge is -2.37. The molecule has 1 aliphatic heterocycles. The molecule has 6 heteroatoms. The quantitative estimate of drug-likeness (QED) is 0.660. The maximum Gasteiger partial charge on any atom is 0.244 e. The van der Waals surface area contributed by atoms with E-state index in [1.807, 2.05) is 47.5 Å². The van der Waals surface area contributed by atoms with Crippen molar-refractivity contribution in [3.05, 3.63) is 59.8 Å². The molecule has 0 saturated heterocycles. The first-order valence-corrected chi connectivity index (χ1v) is 10.4. The number of fused-ring (bicyclic) bond motifs is 2. The second-order valence-corrected chi connectivity index (χ2v) is 8.45. The molecule has 2 aromatic carbocycles. The molecule has 30 heavy (non-hydrogen) atoms. The summed E-state index contributed by atoms with van der Waals surface area (Å²) in [6.45, 7) is 1.59. The number of benzene rings is 2. The zero-order valence-corrected chi connectivity index (χ0v) is 17.9. The maximum absolute atomic E-state index is 13.5. The average molecular weight is 407 g/mol. The zero-order chi connectivity index (χ0) is 21.3. The average Bonchev–Trinajstić information content (AvgIpc) is 3.14.